The molecule has 8 heteroatoms. The fourth-order valence-electron chi connectivity index (χ4n) is 3.35. The summed E-state index contributed by atoms with van der Waals surface area (Å²) in [4.78, 5) is 26.8. The number of nitrogens with two attached hydrogens (primary N) is 1. The molecule has 1 heterocycles. The first-order valence-electron chi connectivity index (χ1n) is 8.02. The monoisotopic (exact) mass is 333 g/mol. The van der Waals surface area contributed by atoms with Gasteiger partial charge in [-0.2, -0.15) is 0 Å². The van der Waals surface area contributed by atoms with E-state index in [2.05, 4.69) is 0 Å². The van der Waals surface area contributed by atoms with Crippen LogP contribution in [0.3, 0.4) is 0 Å². The summed E-state index contributed by atoms with van der Waals surface area (Å²) in [6.07, 6.45) is 0.202. The molecule has 0 spiro atoms. The van der Waals surface area contributed by atoms with Crippen LogP contribution in [0.25, 0.3) is 0 Å². The summed E-state index contributed by atoms with van der Waals surface area (Å²) < 4.78 is 32.6. The van der Waals surface area contributed by atoms with Crippen LogP contribution in [0.1, 0.15) is 25.7 Å². The summed E-state index contributed by atoms with van der Waals surface area (Å²) >= 11 is 0. The molecule has 0 unspecified atom stereocenters. The number of halogens is 2. The Labute approximate surface area is 134 Å². The van der Waals surface area contributed by atoms with Crippen LogP contribution in [0.15, 0.2) is 0 Å². The number of hydrogen-bond donors (Lipinski definition) is 1. The van der Waals surface area contributed by atoms with Crippen LogP contribution in [-0.2, 0) is 14.3 Å². The van der Waals surface area contributed by atoms with Gasteiger partial charge in [-0.3, -0.25) is 14.5 Å². The zero-order valence-electron chi connectivity index (χ0n) is 13.5. The van der Waals surface area contributed by atoms with Crippen molar-refractivity contribution in [2.24, 2.45) is 11.7 Å². The largest absolute Gasteiger partial charge is 0.373 e. The maximum atomic E-state index is 13.5. The van der Waals surface area contributed by atoms with Crippen molar-refractivity contribution >= 4 is 11.8 Å². The second-order valence-electron chi connectivity index (χ2n) is 6.59. The van der Waals surface area contributed by atoms with Crippen LogP contribution >= 0.6 is 0 Å². The van der Waals surface area contributed by atoms with Gasteiger partial charge >= 0.3 is 0 Å². The van der Waals surface area contributed by atoms with Gasteiger partial charge in [0.1, 0.15) is 0 Å². The summed E-state index contributed by atoms with van der Waals surface area (Å²) in [6, 6.07) is 0. The minimum atomic E-state index is -2.73. The number of amides is 2. The normalized spacial score (nSPS) is 27.9. The Kier molecular flexibility index (Phi) is 5.91. The van der Waals surface area contributed by atoms with Gasteiger partial charge in [0, 0.05) is 38.4 Å². The zero-order valence-corrected chi connectivity index (χ0v) is 13.5. The second-order valence-corrected chi connectivity index (χ2v) is 6.59. The van der Waals surface area contributed by atoms with E-state index in [9.17, 15) is 18.4 Å². The van der Waals surface area contributed by atoms with Crippen LogP contribution < -0.4 is 5.73 Å². The molecular weight excluding hydrogens is 308 g/mol. The molecule has 0 aromatic rings. The van der Waals surface area contributed by atoms with Gasteiger partial charge in [-0.15, -0.1) is 0 Å². The number of ether oxygens (including phenoxy) is 1. The Hall–Kier alpha value is -1.28. The Morgan fingerprint density at radius 3 is 2.83 bits per heavy atom. The molecule has 0 aromatic heterocycles. The van der Waals surface area contributed by atoms with E-state index in [1.54, 1.807) is 16.8 Å². The van der Waals surface area contributed by atoms with Crippen molar-refractivity contribution in [3.8, 4) is 0 Å². The number of morpholine rings is 1. The molecule has 1 saturated heterocycles. The molecule has 0 radical (unpaired) electrons. The van der Waals surface area contributed by atoms with E-state index in [1.807, 2.05) is 0 Å². The van der Waals surface area contributed by atoms with E-state index in [0.717, 1.165) is 0 Å². The molecule has 6 nitrogen and oxygen atoms in total. The lowest BCUT2D eigenvalue weighted by Crippen LogP contribution is -2.52. The third-order valence-electron chi connectivity index (χ3n) is 4.38. The first-order valence-corrected chi connectivity index (χ1v) is 8.02. The molecule has 1 aliphatic heterocycles. The Morgan fingerprint density at radius 1 is 1.43 bits per heavy atom. The number of primary amides is 1. The molecule has 2 rings (SSSR count). The Bertz CT molecular complexity index is 448. The number of carbonyl (C=O) groups is 2. The second kappa shape index (κ2) is 7.53. The Morgan fingerprint density at radius 2 is 2.17 bits per heavy atom. The number of rotatable bonds is 5. The maximum Gasteiger partial charge on any atom is 0.248 e. The smallest absolute Gasteiger partial charge is 0.248 e. The standard InChI is InChI=1S/C15H25F2N3O3/c1-19(10-13(18)21)8-12-9-20(5-6-23-12)14(22)11-3-2-4-15(16,17)7-11/h11-12H,2-10H2,1H3,(H2,18,21)/t11-,12-/m0/s1. The van der Waals surface area contributed by atoms with Gasteiger partial charge in [0.05, 0.1) is 19.3 Å². The van der Waals surface area contributed by atoms with E-state index in [0.29, 0.717) is 39.1 Å². The predicted octanol–water partition coefficient (Wildman–Crippen LogP) is 0.456. The lowest BCUT2D eigenvalue weighted by atomic mass is 9.85. The molecule has 132 valence electrons. The predicted molar refractivity (Wildman–Crippen MR) is 79.9 cm³/mol. The van der Waals surface area contributed by atoms with Crippen molar-refractivity contribution in [3.05, 3.63) is 0 Å². The molecule has 0 bridgehead atoms. The minimum absolute atomic E-state index is 0.114. The average molecular weight is 333 g/mol. The number of carbonyl (C=O) groups excluding carboxylic acids is 2. The minimum Gasteiger partial charge on any atom is -0.373 e. The van der Waals surface area contributed by atoms with Crippen molar-refractivity contribution in [1.29, 1.82) is 0 Å². The summed E-state index contributed by atoms with van der Waals surface area (Å²) in [5.74, 6) is -3.96. The summed E-state index contributed by atoms with van der Waals surface area (Å²) in [5.41, 5.74) is 5.14. The third kappa shape index (κ3) is 5.39. The van der Waals surface area contributed by atoms with Gasteiger partial charge in [0.25, 0.3) is 0 Å². The SMILES string of the molecule is CN(CC(N)=O)C[C@H]1CN(C(=O)[C@H]2CCCC(F)(F)C2)CCO1. The van der Waals surface area contributed by atoms with Crippen LogP contribution in [0.2, 0.25) is 0 Å². The van der Waals surface area contributed by atoms with E-state index in [4.69, 9.17) is 10.5 Å². The average Bonchev–Trinajstić information content (AvgIpc) is 2.44. The highest BCUT2D eigenvalue weighted by Crippen LogP contribution is 2.37. The van der Waals surface area contributed by atoms with Crippen molar-refractivity contribution in [2.45, 2.75) is 37.7 Å². The van der Waals surface area contributed by atoms with Gasteiger partial charge in [-0.25, -0.2) is 8.78 Å². The van der Waals surface area contributed by atoms with Crippen molar-refractivity contribution < 1.29 is 23.1 Å². The molecule has 1 aliphatic carbocycles. The number of nitrogens with zero attached hydrogens (tertiary/aromatic N) is 2. The number of hydrogen-bond acceptors (Lipinski definition) is 4. The number of alkyl halides is 2. The molecule has 2 fully saturated rings. The van der Waals surface area contributed by atoms with E-state index < -0.39 is 17.7 Å². The summed E-state index contributed by atoms with van der Waals surface area (Å²) in [5, 5.41) is 0. The molecule has 0 aromatic carbocycles. The van der Waals surface area contributed by atoms with E-state index in [1.165, 1.54) is 0 Å². The molecule has 1 saturated carbocycles. The highest BCUT2D eigenvalue weighted by molar-refractivity contribution is 5.79. The van der Waals surface area contributed by atoms with Crippen molar-refractivity contribution in [3.63, 3.8) is 0 Å². The molecule has 2 amide bonds. The quantitative estimate of drug-likeness (QED) is 0.793. The first kappa shape index (κ1) is 18.1. The first-order chi connectivity index (χ1) is 10.8. The lowest BCUT2D eigenvalue weighted by Gasteiger charge is -2.38. The molecule has 2 N–H and O–H groups in total. The number of likely N-dealkylation sites (N-methyl/N-ethyl adjacent to an activating group) is 1. The van der Waals surface area contributed by atoms with E-state index >= 15 is 0 Å². The summed E-state index contributed by atoms with van der Waals surface area (Å²) in [7, 11) is 1.75. The van der Waals surface area contributed by atoms with Crippen LogP contribution in [-0.4, -0.2) is 73.5 Å². The van der Waals surface area contributed by atoms with Crippen LogP contribution in [0, 0.1) is 5.92 Å². The van der Waals surface area contributed by atoms with Crippen molar-refractivity contribution in [2.75, 3.05) is 39.8 Å². The van der Waals surface area contributed by atoms with E-state index in [-0.39, 0.29) is 31.4 Å². The van der Waals surface area contributed by atoms with Gasteiger partial charge < -0.3 is 15.4 Å². The Balaban J connectivity index is 1.87. The molecular formula is C15H25F2N3O3. The maximum absolute atomic E-state index is 13.5. The van der Waals surface area contributed by atoms with Crippen LogP contribution in [0.4, 0.5) is 8.78 Å². The van der Waals surface area contributed by atoms with Gasteiger partial charge in [0.2, 0.25) is 17.7 Å². The fourth-order valence-corrected chi connectivity index (χ4v) is 3.35. The molecule has 2 aliphatic rings. The zero-order chi connectivity index (χ0) is 17.0. The highest BCUT2D eigenvalue weighted by atomic mass is 19.3. The lowest BCUT2D eigenvalue weighted by molar-refractivity contribution is -0.150. The van der Waals surface area contributed by atoms with Crippen molar-refractivity contribution in [1.82, 2.24) is 9.80 Å². The van der Waals surface area contributed by atoms with Crippen LogP contribution in [0.5, 0.6) is 0 Å². The highest BCUT2D eigenvalue weighted by Gasteiger charge is 2.41. The van der Waals surface area contributed by atoms with Gasteiger partial charge in [0.15, 0.2) is 0 Å². The fraction of sp³-hybridized carbons (Fsp3) is 0.867. The summed E-state index contributed by atoms with van der Waals surface area (Å²) in [6.45, 7) is 1.75. The van der Waals surface area contributed by atoms with Gasteiger partial charge in [-0.1, -0.05) is 0 Å². The molecule has 2 atom stereocenters. The third-order valence-corrected chi connectivity index (χ3v) is 4.38. The molecule has 23 heavy (non-hydrogen) atoms. The van der Waals surface area contributed by atoms with Gasteiger partial charge in [-0.05, 0) is 19.9 Å². The topological polar surface area (TPSA) is 75.9 Å².